The second-order valence-electron chi connectivity index (χ2n) is 3.14. The zero-order valence-corrected chi connectivity index (χ0v) is 11.9. The third-order valence-corrected chi connectivity index (χ3v) is 2.36. The standard InChI is InChI=1S/C9H15O3.U/c1-2-7(3-5-10)9-8(11)4-6-12-9;/h5-9,11H,2-4H2,1H3;/q-1;/t7?,8?,9-;/m1./s1. The monoisotopic (exact) mass is 409 g/mol. The summed E-state index contributed by atoms with van der Waals surface area (Å²) in [6, 6.07) is 0. The summed E-state index contributed by atoms with van der Waals surface area (Å²) in [7, 11) is 0. The van der Waals surface area contributed by atoms with Gasteiger partial charge in [-0.05, 0) is 5.92 Å². The Morgan fingerprint density at radius 2 is 2.46 bits per heavy atom. The van der Waals surface area contributed by atoms with E-state index in [1.54, 1.807) is 6.61 Å². The van der Waals surface area contributed by atoms with Gasteiger partial charge in [0.2, 0.25) is 0 Å². The first-order chi connectivity index (χ1) is 5.79. The average molecular weight is 409 g/mol. The number of hydrogen-bond acceptors (Lipinski definition) is 3. The molecule has 0 saturated carbocycles. The van der Waals surface area contributed by atoms with Crippen LogP contribution in [0.15, 0.2) is 0 Å². The Morgan fingerprint density at radius 1 is 1.77 bits per heavy atom. The molecule has 3 nitrogen and oxygen atoms in total. The van der Waals surface area contributed by atoms with E-state index in [9.17, 15) is 9.90 Å². The van der Waals surface area contributed by atoms with Gasteiger partial charge in [-0.15, -0.1) is 6.42 Å². The molecule has 1 aliphatic heterocycles. The van der Waals surface area contributed by atoms with Gasteiger partial charge in [-0.2, -0.15) is 0 Å². The molecular weight excluding hydrogens is 394 g/mol. The largest absolute Gasteiger partial charge is 0.548 e. The van der Waals surface area contributed by atoms with Gasteiger partial charge >= 0.3 is 0 Å². The second kappa shape index (κ2) is 7.00. The Labute approximate surface area is 103 Å². The van der Waals surface area contributed by atoms with Crippen molar-refractivity contribution in [2.24, 2.45) is 5.92 Å². The smallest absolute Gasteiger partial charge is 0.120 e. The summed E-state index contributed by atoms with van der Waals surface area (Å²) in [5.41, 5.74) is 0. The zero-order chi connectivity index (χ0) is 8.97. The minimum Gasteiger partial charge on any atom is -0.548 e. The molecule has 1 saturated heterocycles. The van der Waals surface area contributed by atoms with E-state index in [1.165, 1.54) is 0 Å². The molecule has 0 radical (unpaired) electrons. The van der Waals surface area contributed by atoms with Crippen LogP contribution in [0, 0.1) is 43.6 Å². The van der Waals surface area contributed by atoms with Crippen molar-refractivity contribution in [2.75, 3.05) is 0 Å². The Balaban J connectivity index is 0.00000144. The first kappa shape index (κ1) is 13.6. The second-order valence-corrected chi connectivity index (χ2v) is 3.14. The Hall–Kier alpha value is 0.642. The summed E-state index contributed by atoms with van der Waals surface area (Å²) < 4.78 is 5.24. The fourth-order valence-electron chi connectivity index (χ4n) is 1.57. The minimum absolute atomic E-state index is 0. The molecule has 1 rings (SSSR count). The van der Waals surface area contributed by atoms with Gasteiger partial charge in [0.1, 0.15) is 6.29 Å². The van der Waals surface area contributed by atoms with Crippen molar-refractivity contribution in [3.63, 3.8) is 0 Å². The fourth-order valence-corrected chi connectivity index (χ4v) is 1.57. The van der Waals surface area contributed by atoms with Gasteiger partial charge in [-0.1, -0.05) is 13.3 Å². The number of ether oxygens (including phenoxy) is 1. The van der Waals surface area contributed by atoms with E-state index in [0.717, 1.165) is 12.7 Å². The number of carbonyl (C=O) groups is 1. The van der Waals surface area contributed by atoms with Crippen LogP contribution in [0.2, 0.25) is 0 Å². The van der Waals surface area contributed by atoms with E-state index in [4.69, 9.17) is 4.74 Å². The van der Waals surface area contributed by atoms with Crippen molar-refractivity contribution in [1.29, 1.82) is 0 Å². The zero-order valence-electron chi connectivity index (χ0n) is 7.77. The van der Waals surface area contributed by atoms with Crippen molar-refractivity contribution in [3.05, 3.63) is 6.61 Å². The first-order valence-corrected chi connectivity index (χ1v) is 4.38. The van der Waals surface area contributed by atoms with Gasteiger partial charge in [0.25, 0.3) is 0 Å². The molecule has 0 aromatic carbocycles. The van der Waals surface area contributed by atoms with Crippen molar-refractivity contribution in [3.8, 4) is 0 Å². The molecule has 4 heteroatoms. The maximum Gasteiger partial charge on any atom is 0.120 e. The number of aliphatic hydroxyl groups is 1. The van der Waals surface area contributed by atoms with Crippen LogP contribution in [0.5, 0.6) is 0 Å². The number of rotatable bonds is 4. The van der Waals surface area contributed by atoms with Crippen molar-refractivity contribution < 1.29 is 45.8 Å². The van der Waals surface area contributed by atoms with Crippen LogP contribution in [0.25, 0.3) is 0 Å². The van der Waals surface area contributed by atoms with Crippen LogP contribution < -0.4 is 0 Å². The van der Waals surface area contributed by atoms with Crippen LogP contribution in [0.3, 0.4) is 0 Å². The SMILES string of the molecule is CCC(CC=O)[C@H]1O[CH-]CC1O.[U]. The Morgan fingerprint density at radius 3 is 2.85 bits per heavy atom. The number of hydrogen-bond donors (Lipinski definition) is 1. The van der Waals surface area contributed by atoms with Crippen LogP contribution in [-0.2, 0) is 9.53 Å². The number of aldehydes is 1. The Bertz CT molecular complexity index is 152. The van der Waals surface area contributed by atoms with E-state index in [1.807, 2.05) is 6.92 Å². The van der Waals surface area contributed by atoms with Gasteiger partial charge in [0.15, 0.2) is 0 Å². The summed E-state index contributed by atoms with van der Waals surface area (Å²) in [6.45, 7) is 3.63. The maximum atomic E-state index is 10.3. The van der Waals surface area contributed by atoms with E-state index < -0.39 is 6.10 Å². The molecule has 1 heterocycles. The minimum atomic E-state index is -0.421. The van der Waals surface area contributed by atoms with Crippen LogP contribution in [0.1, 0.15) is 26.2 Å². The summed E-state index contributed by atoms with van der Waals surface area (Å²) in [4.78, 5) is 10.3. The van der Waals surface area contributed by atoms with E-state index >= 15 is 0 Å². The molecule has 3 atom stereocenters. The van der Waals surface area contributed by atoms with Crippen LogP contribution in [-0.4, -0.2) is 23.6 Å². The van der Waals surface area contributed by atoms with Gasteiger partial charge in [-0.25, -0.2) is 6.61 Å². The third kappa shape index (κ3) is 3.71. The van der Waals surface area contributed by atoms with Crippen molar-refractivity contribution in [1.82, 2.24) is 0 Å². The molecule has 0 aromatic heterocycles. The summed E-state index contributed by atoms with van der Waals surface area (Å²) in [5.74, 6) is 0.163. The van der Waals surface area contributed by atoms with Gasteiger partial charge in [0.05, 0.1) is 12.2 Å². The molecule has 0 amide bonds. The maximum absolute atomic E-state index is 10.3. The predicted molar refractivity (Wildman–Crippen MR) is 44.3 cm³/mol. The van der Waals surface area contributed by atoms with Gasteiger partial charge < -0.3 is 14.6 Å². The van der Waals surface area contributed by atoms with Gasteiger partial charge in [-0.3, -0.25) is 0 Å². The van der Waals surface area contributed by atoms with Crippen molar-refractivity contribution >= 4 is 6.29 Å². The predicted octanol–water partition coefficient (Wildman–Crippen LogP) is 0.913. The van der Waals surface area contributed by atoms with Crippen molar-refractivity contribution in [2.45, 2.75) is 38.4 Å². The van der Waals surface area contributed by atoms with Crippen LogP contribution in [0.4, 0.5) is 0 Å². The molecule has 2 unspecified atom stereocenters. The molecule has 0 bridgehead atoms. The quantitative estimate of drug-likeness (QED) is 0.555. The van der Waals surface area contributed by atoms with Crippen LogP contribution >= 0.6 is 0 Å². The molecule has 1 fully saturated rings. The number of aliphatic hydroxyl groups excluding tert-OH is 1. The van der Waals surface area contributed by atoms with Gasteiger partial charge in [0, 0.05) is 37.5 Å². The Kier molecular flexibility index (Phi) is 7.35. The molecular formula is C9H15O3U-. The van der Waals surface area contributed by atoms with E-state index in [-0.39, 0.29) is 43.1 Å². The summed E-state index contributed by atoms with van der Waals surface area (Å²) >= 11 is 0. The summed E-state index contributed by atoms with van der Waals surface area (Å²) in [6.07, 6.45) is 2.23. The topological polar surface area (TPSA) is 46.5 Å². The third-order valence-electron chi connectivity index (χ3n) is 2.36. The molecule has 0 aliphatic carbocycles. The molecule has 0 aromatic rings. The summed E-state index contributed by atoms with van der Waals surface area (Å²) in [5, 5.41) is 9.44. The normalized spacial score (nSPS) is 29.4. The van der Waals surface area contributed by atoms with E-state index in [2.05, 4.69) is 0 Å². The number of carbonyl (C=O) groups excluding carboxylic acids is 1. The molecule has 1 aliphatic rings. The van der Waals surface area contributed by atoms with E-state index in [0.29, 0.717) is 12.8 Å². The first-order valence-electron chi connectivity index (χ1n) is 4.38. The average Bonchev–Trinajstić information content (AvgIpc) is 2.47. The molecule has 0 spiro atoms. The molecule has 1 N–H and O–H groups in total. The molecule has 74 valence electrons. The fraction of sp³-hybridized carbons (Fsp3) is 0.778. The molecule has 13 heavy (non-hydrogen) atoms.